The van der Waals surface area contributed by atoms with Crippen LogP contribution in [0.5, 0.6) is 0 Å². The molecular formula is C19H21N7O. The summed E-state index contributed by atoms with van der Waals surface area (Å²) >= 11 is 0. The van der Waals surface area contributed by atoms with Crippen LogP contribution in [0.1, 0.15) is 29.8 Å². The standard InChI is InChI=1S/C19H21N7O/c1-10(9-27-3)21-19-20-8-13-12(7-15-18(22-15)17(13)23-19)11-4-5-14-16(6-11)26(2)25-24-14/h4-8,10,15,18,22H,9H2,1-3H3,(H,20,21,23)/t10-,15-,18?/m0/s1. The van der Waals surface area contributed by atoms with Gasteiger partial charge >= 0.3 is 0 Å². The second kappa shape index (κ2) is 6.11. The number of aryl methyl sites for hydroxylation is 1. The van der Waals surface area contributed by atoms with Gasteiger partial charge in [0.05, 0.1) is 23.9 Å². The fraction of sp³-hybridized carbons (Fsp3) is 0.368. The predicted molar refractivity (Wildman–Crippen MR) is 102 cm³/mol. The fourth-order valence-corrected chi connectivity index (χ4v) is 3.69. The van der Waals surface area contributed by atoms with Gasteiger partial charge in [-0.3, -0.25) is 5.32 Å². The van der Waals surface area contributed by atoms with Crippen LogP contribution in [0, 0.1) is 0 Å². The highest BCUT2D eigenvalue weighted by Crippen LogP contribution is 2.43. The van der Waals surface area contributed by atoms with Crippen molar-refractivity contribution < 1.29 is 4.74 Å². The number of ether oxygens (including phenoxy) is 1. The number of aromatic nitrogens is 5. The quantitative estimate of drug-likeness (QED) is 0.665. The van der Waals surface area contributed by atoms with E-state index in [1.165, 1.54) is 0 Å². The van der Waals surface area contributed by atoms with E-state index in [9.17, 15) is 0 Å². The molecule has 1 fully saturated rings. The molecule has 1 aliphatic heterocycles. The number of rotatable bonds is 5. The second-order valence-corrected chi connectivity index (χ2v) is 7.16. The first-order valence-electron chi connectivity index (χ1n) is 9.04. The molecule has 5 rings (SSSR count). The van der Waals surface area contributed by atoms with Gasteiger partial charge in [0.25, 0.3) is 0 Å². The summed E-state index contributed by atoms with van der Waals surface area (Å²) in [5.74, 6) is 0.637. The van der Waals surface area contributed by atoms with Crippen molar-refractivity contribution in [2.24, 2.45) is 7.05 Å². The summed E-state index contributed by atoms with van der Waals surface area (Å²) in [4.78, 5) is 9.33. The van der Waals surface area contributed by atoms with Crippen molar-refractivity contribution in [3.8, 4) is 0 Å². The van der Waals surface area contributed by atoms with Crippen LogP contribution in [0.15, 0.2) is 30.5 Å². The molecule has 1 aromatic carbocycles. The van der Waals surface area contributed by atoms with Gasteiger partial charge in [-0.1, -0.05) is 17.4 Å². The van der Waals surface area contributed by atoms with E-state index in [2.05, 4.69) is 44.1 Å². The molecule has 0 amide bonds. The molecule has 2 aromatic heterocycles. The molecule has 27 heavy (non-hydrogen) atoms. The van der Waals surface area contributed by atoms with E-state index in [0.29, 0.717) is 18.6 Å². The minimum absolute atomic E-state index is 0.148. The highest BCUT2D eigenvalue weighted by molar-refractivity contribution is 5.88. The number of nitrogens with one attached hydrogen (secondary N) is 2. The average molecular weight is 363 g/mol. The first-order chi connectivity index (χ1) is 13.1. The summed E-state index contributed by atoms with van der Waals surface area (Å²) in [7, 11) is 3.60. The third kappa shape index (κ3) is 2.77. The Bertz CT molecular complexity index is 1060. The third-order valence-corrected chi connectivity index (χ3v) is 5.09. The number of anilines is 1. The predicted octanol–water partition coefficient (Wildman–Crippen LogP) is 1.66. The lowest BCUT2D eigenvalue weighted by molar-refractivity contribution is 0.190. The maximum absolute atomic E-state index is 5.18. The van der Waals surface area contributed by atoms with Crippen LogP contribution < -0.4 is 10.6 Å². The maximum Gasteiger partial charge on any atom is 0.223 e. The smallest absolute Gasteiger partial charge is 0.223 e. The summed E-state index contributed by atoms with van der Waals surface area (Å²) in [6.07, 6.45) is 4.18. The fourth-order valence-electron chi connectivity index (χ4n) is 3.69. The highest BCUT2D eigenvalue weighted by Gasteiger charge is 2.43. The number of nitrogens with zero attached hydrogens (tertiary/aromatic N) is 5. The molecule has 0 bridgehead atoms. The average Bonchev–Trinajstić information content (AvgIpc) is 3.37. The Morgan fingerprint density at radius 2 is 2.26 bits per heavy atom. The molecule has 1 saturated heterocycles. The van der Waals surface area contributed by atoms with Crippen LogP contribution >= 0.6 is 0 Å². The minimum Gasteiger partial charge on any atom is -0.383 e. The number of hydrogen-bond acceptors (Lipinski definition) is 7. The number of hydrogen-bond donors (Lipinski definition) is 2. The van der Waals surface area contributed by atoms with Gasteiger partial charge in [0.2, 0.25) is 5.95 Å². The minimum atomic E-state index is 0.148. The second-order valence-electron chi connectivity index (χ2n) is 7.16. The van der Waals surface area contributed by atoms with Gasteiger partial charge in [0.15, 0.2) is 0 Å². The van der Waals surface area contributed by atoms with E-state index in [1.54, 1.807) is 11.8 Å². The van der Waals surface area contributed by atoms with Gasteiger partial charge in [0, 0.05) is 38.0 Å². The summed E-state index contributed by atoms with van der Waals surface area (Å²) in [6.45, 7) is 2.65. The van der Waals surface area contributed by atoms with Crippen LogP contribution in [0.25, 0.3) is 16.6 Å². The first kappa shape index (κ1) is 16.3. The van der Waals surface area contributed by atoms with Crippen molar-refractivity contribution >= 4 is 22.6 Å². The molecule has 0 saturated carbocycles. The molecule has 2 aliphatic rings. The van der Waals surface area contributed by atoms with Crippen molar-refractivity contribution in [2.45, 2.75) is 25.0 Å². The molecule has 1 aliphatic carbocycles. The van der Waals surface area contributed by atoms with Crippen molar-refractivity contribution in [1.29, 1.82) is 0 Å². The largest absolute Gasteiger partial charge is 0.383 e. The van der Waals surface area contributed by atoms with E-state index in [4.69, 9.17) is 9.72 Å². The lowest BCUT2D eigenvalue weighted by Gasteiger charge is -2.18. The molecule has 3 aromatic rings. The zero-order chi connectivity index (χ0) is 18.5. The zero-order valence-corrected chi connectivity index (χ0v) is 15.5. The molecule has 3 atom stereocenters. The number of benzene rings is 1. The SMILES string of the molecule is COC[C@H](C)Nc1ncc2c(n1)C1N[C@H]1C=C2c1ccc2nnn(C)c2c1. The van der Waals surface area contributed by atoms with Gasteiger partial charge in [-0.05, 0) is 30.2 Å². The van der Waals surface area contributed by atoms with Crippen molar-refractivity contribution in [1.82, 2.24) is 30.3 Å². The van der Waals surface area contributed by atoms with Gasteiger partial charge in [-0.2, -0.15) is 0 Å². The van der Waals surface area contributed by atoms with Crippen LogP contribution in [0.3, 0.4) is 0 Å². The molecule has 0 spiro atoms. The van der Waals surface area contributed by atoms with Crippen LogP contribution in [-0.4, -0.2) is 50.8 Å². The Balaban J connectivity index is 1.53. The molecule has 2 N–H and O–H groups in total. The van der Waals surface area contributed by atoms with E-state index in [0.717, 1.165) is 33.4 Å². The molecule has 0 radical (unpaired) electrons. The summed E-state index contributed by atoms with van der Waals surface area (Å²) in [6, 6.07) is 6.96. The number of fused-ring (bicyclic) bond motifs is 4. The summed E-state index contributed by atoms with van der Waals surface area (Å²) in [5, 5.41) is 15.0. The summed E-state index contributed by atoms with van der Waals surface area (Å²) in [5.41, 5.74) is 6.29. The monoisotopic (exact) mass is 363 g/mol. The molecule has 8 heteroatoms. The summed E-state index contributed by atoms with van der Waals surface area (Å²) < 4.78 is 6.97. The Morgan fingerprint density at radius 1 is 1.37 bits per heavy atom. The first-order valence-corrected chi connectivity index (χ1v) is 9.04. The van der Waals surface area contributed by atoms with Crippen LogP contribution in [0.4, 0.5) is 5.95 Å². The number of methoxy groups -OCH3 is 1. The lowest BCUT2D eigenvalue weighted by atomic mass is 9.91. The Labute approximate surface area is 156 Å². The highest BCUT2D eigenvalue weighted by atomic mass is 16.5. The molecule has 3 heterocycles. The molecule has 8 nitrogen and oxygen atoms in total. The maximum atomic E-state index is 5.18. The lowest BCUT2D eigenvalue weighted by Crippen LogP contribution is -2.23. The Morgan fingerprint density at radius 3 is 3.11 bits per heavy atom. The van der Waals surface area contributed by atoms with Gasteiger partial charge in [0.1, 0.15) is 5.52 Å². The van der Waals surface area contributed by atoms with Gasteiger partial charge < -0.3 is 10.1 Å². The van der Waals surface area contributed by atoms with E-state index < -0.39 is 0 Å². The Kier molecular flexibility index (Phi) is 3.70. The zero-order valence-electron chi connectivity index (χ0n) is 15.5. The van der Waals surface area contributed by atoms with Crippen molar-refractivity contribution in [3.63, 3.8) is 0 Å². The van der Waals surface area contributed by atoms with E-state index in [-0.39, 0.29) is 12.1 Å². The molecular weight excluding hydrogens is 342 g/mol. The van der Waals surface area contributed by atoms with Crippen molar-refractivity contribution in [2.75, 3.05) is 19.0 Å². The van der Waals surface area contributed by atoms with Gasteiger partial charge in [-0.25, -0.2) is 14.6 Å². The third-order valence-electron chi connectivity index (χ3n) is 5.09. The normalized spacial score (nSPS) is 21.4. The van der Waals surface area contributed by atoms with Gasteiger partial charge in [-0.15, -0.1) is 5.10 Å². The van der Waals surface area contributed by atoms with E-state index >= 15 is 0 Å². The Hall–Kier alpha value is -2.84. The molecule has 138 valence electrons. The van der Waals surface area contributed by atoms with E-state index in [1.807, 2.05) is 26.2 Å². The molecule has 1 unspecified atom stereocenters. The van der Waals surface area contributed by atoms with Crippen LogP contribution in [0.2, 0.25) is 0 Å². The van der Waals surface area contributed by atoms with Crippen LogP contribution in [-0.2, 0) is 11.8 Å². The topological polar surface area (TPSA) is 99.7 Å². The van der Waals surface area contributed by atoms with Crippen molar-refractivity contribution in [3.05, 3.63) is 47.3 Å².